The molecule has 2 unspecified atom stereocenters. The smallest absolute Gasteiger partial charge is 0.407 e. The van der Waals surface area contributed by atoms with Crippen molar-refractivity contribution in [1.82, 2.24) is 5.32 Å². The summed E-state index contributed by atoms with van der Waals surface area (Å²) >= 11 is 0. The zero-order valence-corrected chi connectivity index (χ0v) is 9.54. The van der Waals surface area contributed by atoms with E-state index in [1.54, 1.807) is 0 Å². The van der Waals surface area contributed by atoms with Crippen molar-refractivity contribution in [2.24, 2.45) is 17.8 Å². The molecule has 1 aliphatic rings. The number of nitrogens with one attached hydrogen (secondary N) is 1. The van der Waals surface area contributed by atoms with Gasteiger partial charge >= 0.3 is 6.09 Å². The minimum atomic E-state index is -0.283. The topological polar surface area (TPSA) is 38.3 Å². The van der Waals surface area contributed by atoms with Crippen LogP contribution in [-0.2, 0) is 4.74 Å². The van der Waals surface area contributed by atoms with Crippen LogP contribution in [0, 0.1) is 17.8 Å². The van der Waals surface area contributed by atoms with Gasteiger partial charge in [-0.25, -0.2) is 4.79 Å². The van der Waals surface area contributed by atoms with E-state index < -0.39 is 0 Å². The van der Waals surface area contributed by atoms with E-state index in [2.05, 4.69) is 19.2 Å². The fourth-order valence-corrected chi connectivity index (χ4v) is 1.74. The molecule has 3 nitrogen and oxygen atoms in total. The Morgan fingerprint density at radius 1 is 1.43 bits per heavy atom. The van der Waals surface area contributed by atoms with E-state index in [9.17, 15) is 4.79 Å². The molecule has 0 radical (unpaired) electrons. The Balaban J connectivity index is 2.08. The van der Waals surface area contributed by atoms with Crippen molar-refractivity contribution in [3.63, 3.8) is 0 Å². The van der Waals surface area contributed by atoms with E-state index in [-0.39, 0.29) is 12.1 Å². The molecule has 1 fully saturated rings. The van der Waals surface area contributed by atoms with Crippen LogP contribution in [0.5, 0.6) is 0 Å². The first-order valence-electron chi connectivity index (χ1n) is 5.44. The second-order valence-corrected chi connectivity index (χ2v) is 4.80. The summed E-state index contributed by atoms with van der Waals surface area (Å²) in [5.74, 6) is 2.09. The van der Waals surface area contributed by atoms with E-state index in [1.807, 2.05) is 13.8 Å². The number of amides is 1. The number of ether oxygens (including phenoxy) is 1. The van der Waals surface area contributed by atoms with Crippen molar-refractivity contribution in [2.45, 2.75) is 40.2 Å². The largest absolute Gasteiger partial charge is 0.449 e. The lowest BCUT2D eigenvalue weighted by Crippen LogP contribution is -2.31. The van der Waals surface area contributed by atoms with Gasteiger partial charge in [0.25, 0.3) is 0 Å². The fraction of sp³-hybridized carbons (Fsp3) is 0.909. The molecular weight excluding hydrogens is 178 g/mol. The quantitative estimate of drug-likeness (QED) is 0.755. The van der Waals surface area contributed by atoms with E-state index in [0.29, 0.717) is 12.5 Å². The normalized spacial score (nSPS) is 25.3. The van der Waals surface area contributed by atoms with E-state index in [4.69, 9.17) is 4.74 Å². The molecule has 82 valence electrons. The molecule has 3 heteroatoms. The molecule has 0 saturated heterocycles. The van der Waals surface area contributed by atoms with Crippen molar-refractivity contribution in [1.29, 1.82) is 0 Å². The Morgan fingerprint density at radius 2 is 2.07 bits per heavy atom. The van der Waals surface area contributed by atoms with Gasteiger partial charge in [0.1, 0.15) is 0 Å². The summed E-state index contributed by atoms with van der Waals surface area (Å²) in [5.41, 5.74) is 0. The number of rotatable bonds is 4. The maximum atomic E-state index is 11.1. The van der Waals surface area contributed by atoms with Crippen molar-refractivity contribution in [3.05, 3.63) is 0 Å². The summed E-state index contributed by atoms with van der Waals surface area (Å²) in [6.07, 6.45) is 0.932. The summed E-state index contributed by atoms with van der Waals surface area (Å²) < 4.78 is 5.11. The second-order valence-electron chi connectivity index (χ2n) is 4.80. The van der Waals surface area contributed by atoms with Gasteiger partial charge in [0, 0.05) is 6.04 Å². The molecule has 0 aromatic carbocycles. The Hall–Kier alpha value is -0.730. The van der Waals surface area contributed by atoms with E-state index in [1.165, 1.54) is 6.42 Å². The van der Waals surface area contributed by atoms with Crippen LogP contribution in [0.3, 0.4) is 0 Å². The average molecular weight is 199 g/mol. The predicted octanol–water partition coefficient (Wildman–Crippen LogP) is 2.41. The monoisotopic (exact) mass is 199 g/mol. The van der Waals surface area contributed by atoms with E-state index >= 15 is 0 Å². The Labute approximate surface area is 86.2 Å². The van der Waals surface area contributed by atoms with Crippen LogP contribution in [0.25, 0.3) is 0 Å². The molecule has 0 aliphatic heterocycles. The molecule has 14 heavy (non-hydrogen) atoms. The maximum Gasteiger partial charge on any atom is 0.407 e. The molecule has 1 amide bonds. The van der Waals surface area contributed by atoms with Gasteiger partial charge in [-0.3, -0.25) is 0 Å². The second kappa shape index (κ2) is 4.67. The fourth-order valence-electron chi connectivity index (χ4n) is 1.74. The summed E-state index contributed by atoms with van der Waals surface area (Å²) in [6.45, 7) is 8.88. The first kappa shape index (κ1) is 11.3. The van der Waals surface area contributed by atoms with Crippen molar-refractivity contribution < 1.29 is 9.53 Å². The molecule has 2 atom stereocenters. The van der Waals surface area contributed by atoms with Gasteiger partial charge in [-0.05, 0) is 38.0 Å². The van der Waals surface area contributed by atoms with Gasteiger partial charge in [0.05, 0.1) is 6.61 Å². The van der Waals surface area contributed by atoms with Gasteiger partial charge in [-0.1, -0.05) is 13.8 Å². The van der Waals surface area contributed by atoms with E-state index in [0.717, 1.165) is 11.8 Å². The van der Waals surface area contributed by atoms with Gasteiger partial charge in [0.15, 0.2) is 0 Å². The lowest BCUT2D eigenvalue weighted by atomic mass is 10.1. The number of hydrogen-bond donors (Lipinski definition) is 1. The first-order valence-corrected chi connectivity index (χ1v) is 5.44. The predicted molar refractivity (Wildman–Crippen MR) is 56.1 cm³/mol. The molecule has 1 rings (SSSR count). The third-order valence-electron chi connectivity index (χ3n) is 2.67. The van der Waals surface area contributed by atoms with Crippen molar-refractivity contribution >= 4 is 6.09 Å². The highest BCUT2D eigenvalue weighted by molar-refractivity contribution is 5.67. The standard InChI is InChI=1S/C11H21NO2/c1-7(2)10-5-9(10)6-14-11(13)12-8(3)4/h7-10H,5-6H2,1-4H3,(H,12,13). The molecule has 0 aromatic rings. The number of carbonyl (C=O) groups is 1. The lowest BCUT2D eigenvalue weighted by molar-refractivity contribution is 0.135. The molecule has 0 aromatic heterocycles. The van der Waals surface area contributed by atoms with Gasteiger partial charge in [0.2, 0.25) is 0 Å². The highest BCUT2D eigenvalue weighted by Crippen LogP contribution is 2.44. The minimum Gasteiger partial charge on any atom is -0.449 e. The lowest BCUT2D eigenvalue weighted by Gasteiger charge is -2.09. The van der Waals surface area contributed by atoms with Crippen LogP contribution in [-0.4, -0.2) is 18.7 Å². The molecule has 1 N–H and O–H groups in total. The van der Waals surface area contributed by atoms with Gasteiger partial charge in [-0.2, -0.15) is 0 Å². The van der Waals surface area contributed by atoms with Crippen LogP contribution in [0.2, 0.25) is 0 Å². The van der Waals surface area contributed by atoms with Crippen molar-refractivity contribution in [2.75, 3.05) is 6.61 Å². The Morgan fingerprint density at radius 3 is 2.50 bits per heavy atom. The molecular formula is C11H21NO2. The molecule has 0 bridgehead atoms. The summed E-state index contributed by atoms with van der Waals surface area (Å²) in [7, 11) is 0. The highest BCUT2D eigenvalue weighted by Gasteiger charge is 2.39. The summed E-state index contributed by atoms with van der Waals surface area (Å²) in [5, 5.41) is 2.71. The zero-order chi connectivity index (χ0) is 10.7. The van der Waals surface area contributed by atoms with Crippen LogP contribution < -0.4 is 5.32 Å². The van der Waals surface area contributed by atoms with Crippen LogP contribution in [0.1, 0.15) is 34.1 Å². The molecule has 1 saturated carbocycles. The Bertz CT molecular complexity index is 201. The molecule has 1 aliphatic carbocycles. The highest BCUT2D eigenvalue weighted by atomic mass is 16.5. The Kier molecular flexibility index (Phi) is 3.78. The third-order valence-corrected chi connectivity index (χ3v) is 2.67. The first-order chi connectivity index (χ1) is 6.50. The summed E-state index contributed by atoms with van der Waals surface area (Å²) in [4.78, 5) is 11.1. The number of carbonyl (C=O) groups excluding carboxylic acids is 1. The maximum absolute atomic E-state index is 11.1. The van der Waals surface area contributed by atoms with Gasteiger partial charge in [-0.15, -0.1) is 0 Å². The van der Waals surface area contributed by atoms with Gasteiger partial charge < -0.3 is 10.1 Å². The van der Waals surface area contributed by atoms with Crippen LogP contribution >= 0.6 is 0 Å². The molecule has 0 spiro atoms. The number of alkyl carbamates (subject to hydrolysis) is 1. The van der Waals surface area contributed by atoms with Crippen LogP contribution in [0.15, 0.2) is 0 Å². The SMILES string of the molecule is CC(C)NC(=O)OCC1CC1C(C)C. The minimum absolute atomic E-state index is 0.155. The average Bonchev–Trinajstić information content (AvgIpc) is 2.78. The van der Waals surface area contributed by atoms with Crippen molar-refractivity contribution in [3.8, 4) is 0 Å². The molecule has 0 heterocycles. The summed E-state index contributed by atoms with van der Waals surface area (Å²) in [6, 6.07) is 0.155. The number of hydrogen-bond acceptors (Lipinski definition) is 2. The van der Waals surface area contributed by atoms with Crippen LogP contribution in [0.4, 0.5) is 4.79 Å². The third kappa shape index (κ3) is 3.56. The zero-order valence-electron chi connectivity index (χ0n) is 9.54.